The van der Waals surface area contributed by atoms with Gasteiger partial charge in [0.1, 0.15) is 0 Å². The lowest BCUT2D eigenvalue weighted by molar-refractivity contribution is 0.433. The Morgan fingerprint density at radius 1 is 1.14 bits per heavy atom. The van der Waals surface area contributed by atoms with E-state index in [0.29, 0.717) is 6.42 Å². The summed E-state index contributed by atoms with van der Waals surface area (Å²) in [4.78, 5) is 0. The lowest BCUT2D eigenvalue weighted by Crippen LogP contribution is -2.17. The fourth-order valence-corrected chi connectivity index (χ4v) is 1.16. The zero-order valence-electron chi connectivity index (χ0n) is 7.43. The molecule has 0 aromatic heterocycles. The summed E-state index contributed by atoms with van der Waals surface area (Å²) in [6, 6.07) is 1.29. The fraction of sp³-hybridized carbons (Fsp3) is 0.333. The molecule has 0 spiro atoms. The molecule has 5 heteroatoms. The lowest BCUT2D eigenvalue weighted by atomic mass is 10.0. The number of halogens is 3. The molecule has 1 aromatic rings. The highest BCUT2D eigenvalue weighted by molar-refractivity contribution is 5.23. The first kappa shape index (κ1) is 11.0. The smallest absolute Gasteiger partial charge is 0.194 e. The Bertz CT molecular complexity index is 328. The van der Waals surface area contributed by atoms with Gasteiger partial charge >= 0.3 is 0 Å². The molecule has 0 saturated carbocycles. The number of nitrogens with two attached hydrogens (primary N) is 2. The molecule has 1 rings (SSSR count). The Kier molecular flexibility index (Phi) is 3.49. The predicted molar refractivity (Wildman–Crippen MR) is 46.9 cm³/mol. The fourth-order valence-electron chi connectivity index (χ4n) is 1.16. The first-order valence-electron chi connectivity index (χ1n) is 4.17. The first-order valence-corrected chi connectivity index (χ1v) is 4.17. The van der Waals surface area contributed by atoms with Crippen LogP contribution in [0.2, 0.25) is 0 Å². The van der Waals surface area contributed by atoms with E-state index in [-0.39, 0.29) is 12.1 Å². The zero-order valence-corrected chi connectivity index (χ0v) is 7.43. The molecule has 0 fully saturated rings. The van der Waals surface area contributed by atoms with Crippen molar-refractivity contribution in [1.82, 2.24) is 0 Å². The van der Waals surface area contributed by atoms with Crippen LogP contribution in [0.4, 0.5) is 13.2 Å². The van der Waals surface area contributed by atoms with Crippen LogP contribution in [0.1, 0.15) is 18.0 Å². The lowest BCUT2D eigenvalue weighted by Gasteiger charge is -2.11. The molecule has 2 nitrogen and oxygen atoms in total. The minimum atomic E-state index is -1.49. The molecule has 0 aliphatic rings. The van der Waals surface area contributed by atoms with E-state index in [1.54, 1.807) is 0 Å². The van der Waals surface area contributed by atoms with Gasteiger partial charge in [-0.05, 0) is 19.0 Å². The number of hydrogen-bond donors (Lipinski definition) is 2. The number of hydrogen-bond acceptors (Lipinski definition) is 2. The van der Waals surface area contributed by atoms with Crippen molar-refractivity contribution >= 4 is 0 Å². The standard InChI is InChI=1S/C9H11F3N2/c10-6-2-1-5(7(14)3-4-13)8(11)9(6)12/h1-2,7H,3-4,13-14H2/t7-/m1/s1. The Morgan fingerprint density at radius 2 is 1.79 bits per heavy atom. The van der Waals surface area contributed by atoms with Gasteiger partial charge in [0.05, 0.1) is 0 Å². The second-order valence-corrected chi connectivity index (χ2v) is 2.95. The van der Waals surface area contributed by atoms with Gasteiger partial charge < -0.3 is 11.5 Å². The summed E-state index contributed by atoms with van der Waals surface area (Å²) in [7, 11) is 0. The van der Waals surface area contributed by atoms with Crippen molar-refractivity contribution in [3.63, 3.8) is 0 Å². The number of benzene rings is 1. The highest BCUT2D eigenvalue weighted by Crippen LogP contribution is 2.21. The van der Waals surface area contributed by atoms with Gasteiger partial charge in [-0.3, -0.25) is 0 Å². The predicted octanol–water partition coefficient (Wildman–Crippen LogP) is 1.45. The Labute approximate surface area is 79.7 Å². The molecule has 0 unspecified atom stereocenters. The molecular weight excluding hydrogens is 193 g/mol. The van der Waals surface area contributed by atoms with E-state index in [0.717, 1.165) is 12.1 Å². The quantitative estimate of drug-likeness (QED) is 0.732. The van der Waals surface area contributed by atoms with Crippen LogP contribution in [-0.4, -0.2) is 6.54 Å². The molecule has 1 atom stereocenters. The summed E-state index contributed by atoms with van der Waals surface area (Å²) in [5, 5.41) is 0. The zero-order chi connectivity index (χ0) is 10.7. The highest BCUT2D eigenvalue weighted by Gasteiger charge is 2.17. The van der Waals surface area contributed by atoms with Crippen molar-refractivity contribution in [3.05, 3.63) is 35.1 Å². The molecule has 0 heterocycles. The van der Waals surface area contributed by atoms with Crippen LogP contribution in [0, 0.1) is 17.5 Å². The van der Waals surface area contributed by atoms with Crippen molar-refractivity contribution in [2.45, 2.75) is 12.5 Å². The van der Waals surface area contributed by atoms with E-state index in [9.17, 15) is 13.2 Å². The van der Waals surface area contributed by atoms with Crippen LogP contribution in [0.25, 0.3) is 0 Å². The molecule has 78 valence electrons. The molecule has 4 N–H and O–H groups in total. The van der Waals surface area contributed by atoms with Gasteiger partial charge in [-0.2, -0.15) is 0 Å². The van der Waals surface area contributed by atoms with Crippen LogP contribution in [0.5, 0.6) is 0 Å². The average molecular weight is 204 g/mol. The third-order valence-electron chi connectivity index (χ3n) is 1.94. The van der Waals surface area contributed by atoms with Gasteiger partial charge in [0.15, 0.2) is 17.5 Å². The normalized spacial score (nSPS) is 12.9. The van der Waals surface area contributed by atoms with Crippen molar-refractivity contribution in [1.29, 1.82) is 0 Å². The second-order valence-electron chi connectivity index (χ2n) is 2.95. The molecule has 0 bridgehead atoms. The van der Waals surface area contributed by atoms with E-state index in [4.69, 9.17) is 11.5 Å². The molecule has 0 aliphatic carbocycles. The summed E-state index contributed by atoms with van der Waals surface area (Å²) in [5.41, 5.74) is 10.7. The van der Waals surface area contributed by atoms with E-state index < -0.39 is 23.5 Å². The highest BCUT2D eigenvalue weighted by atomic mass is 19.2. The molecule has 0 amide bonds. The molecule has 1 aromatic carbocycles. The van der Waals surface area contributed by atoms with Gasteiger partial charge in [0.25, 0.3) is 0 Å². The minimum Gasteiger partial charge on any atom is -0.330 e. The van der Waals surface area contributed by atoms with E-state index in [1.165, 1.54) is 0 Å². The maximum absolute atomic E-state index is 13.1. The van der Waals surface area contributed by atoms with Crippen molar-refractivity contribution in [2.75, 3.05) is 6.54 Å². The Balaban J connectivity index is 3.04. The minimum absolute atomic E-state index is 0.0469. The Hall–Kier alpha value is -1.07. The molecule has 0 saturated heterocycles. The summed E-state index contributed by atoms with van der Waals surface area (Å²) in [6.07, 6.45) is 0.321. The summed E-state index contributed by atoms with van der Waals surface area (Å²) in [6.45, 7) is 0.263. The van der Waals surface area contributed by atoms with Gasteiger partial charge in [-0.15, -0.1) is 0 Å². The monoisotopic (exact) mass is 204 g/mol. The SMILES string of the molecule is NCC[C@@H](N)c1ccc(F)c(F)c1F. The second kappa shape index (κ2) is 4.43. The van der Waals surface area contributed by atoms with E-state index in [2.05, 4.69) is 0 Å². The molecule has 14 heavy (non-hydrogen) atoms. The van der Waals surface area contributed by atoms with Crippen molar-refractivity contribution in [3.8, 4) is 0 Å². The largest absolute Gasteiger partial charge is 0.330 e. The van der Waals surface area contributed by atoms with Crippen molar-refractivity contribution < 1.29 is 13.2 Å². The van der Waals surface area contributed by atoms with Crippen molar-refractivity contribution in [2.24, 2.45) is 11.5 Å². The third-order valence-corrected chi connectivity index (χ3v) is 1.94. The van der Waals surface area contributed by atoms with E-state index in [1.807, 2.05) is 0 Å². The van der Waals surface area contributed by atoms with Gasteiger partial charge in [-0.1, -0.05) is 6.07 Å². The first-order chi connectivity index (χ1) is 6.57. The maximum atomic E-state index is 13.1. The maximum Gasteiger partial charge on any atom is 0.194 e. The molecular formula is C9H11F3N2. The average Bonchev–Trinajstić information content (AvgIpc) is 2.15. The van der Waals surface area contributed by atoms with Crippen LogP contribution in [0.3, 0.4) is 0 Å². The van der Waals surface area contributed by atoms with Gasteiger partial charge in [-0.25, -0.2) is 13.2 Å². The van der Waals surface area contributed by atoms with Crippen LogP contribution >= 0.6 is 0 Å². The summed E-state index contributed by atoms with van der Waals surface area (Å²) < 4.78 is 38.4. The number of rotatable bonds is 3. The van der Waals surface area contributed by atoms with Crippen LogP contribution < -0.4 is 11.5 Å². The van der Waals surface area contributed by atoms with Gasteiger partial charge in [0.2, 0.25) is 0 Å². The summed E-state index contributed by atoms with van der Waals surface area (Å²) >= 11 is 0. The van der Waals surface area contributed by atoms with Crippen LogP contribution in [0.15, 0.2) is 12.1 Å². The summed E-state index contributed by atoms with van der Waals surface area (Å²) in [5.74, 6) is -3.94. The third kappa shape index (κ3) is 2.05. The van der Waals surface area contributed by atoms with E-state index >= 15 is 0 Å². The Morgan fingerprint density at radius 3 is 2.36 bits per heavy atom. The molecule has 0 radical (unpaired) electrons. The molecule has 0 aliphatic heterocycles. The topological polar surface area (TPSA) is 52.0 Å². The van der Waals surface area contributed by atoms with Crippen LogP contribution in [-0.2, 0) is 0 Å². The van der Waals surface area contributed by atoms with Gasteiger partial charge in [0, 0.05) is 11.6 Å².